The van der Waals surface area contributed by atoms with E-state index >= 15 is 0 Å². The molecule has 0 saturated heterocycles. The van der Waals surface area contributed by atoms with Crippen LogP contribution < -0.4 is 16.1 Å². The van der Waals surface area contributed by atoms with Crippen LogP contribution >= 0.6 is 0 Å². The van der Waals surface area contributed by atoms with Gasteiger partial charge in [-0.25, -0.2) is 9.78 Å². The third kappa shape index (κ3) is 8.25. The van der Waals surface area contributed by atoms with Crippen LogP contribution in [0.5, 0.6) is 0 Å². The van der Waals surface area contributed by atoms with Crippen LogP contribution in [0.4, 0.5) is 5.82 Å². The van der Waals surface area contributed by atoms with Crippen molar-refractivity contribution in [2.45, 2.75) is 30.2 Å². The number of ether oxygens (including phenoxy) is 1. The first-order valence-electron chi connectivity index (χ1n) is 10.1. The van der Waals surface area contributed by atoms with Gasteiger partial charge >= 0.3 is 5.97 Å². The predicted octanol–water partition coefficient (Wildman–Crippen LogP) is 1.44. The van der Waals surface area contributed by atoms with E-state index in [0.29, 0.717) is 12.2 Å². The molecule has 1 amide bonds. The van der Waals surface area contributed by atoms with Gasteiger partial charge in [-0.05, 0) is 51.1 Å². The number of carbonyl (C=O) groups excluding carboxylic acids is 2. The van der Waals surface area contributed by atoms with Crippen LogP contribution in [0, 0.1) is 0 Å². The van der Waals surface area contributed by atoms with Crippen LogP contribution in [-0.2, 0) is 19.6 Å². The molecule has 0 bridgehead atoms. The van der Waals surface area contributed by atoms with Crippen molar-refractivity contribution in [2.75, 3.05) is 26.1 Å². The average molecular weight is 478 g/mol. The molecule has 33 heavy (non-hydrogen) atoms. The number of rotatable bonds is 12. The molecule has 1 aromatic carbocycles. The third-order valence-electron chi connectivity index (χ3n) is 4.57. The predicted molar refractivity (Wildman–Crippen MR) is 123 cm³/mol. The van der Waals surface area contributed by atoms with E-state index in [1.54, 1.807) is 6.07 Å². The average Bonchev–Trinajstić information content (AvgIpc) is 2.80. The first kappa shape index (κ1) is 25.9. The second kappa shape index (κ2) is 12.6. The van der Waals surface area contributed by atoms with Crippen LogP contribution in [0.3, 0.4) is 0 Å². The summed E-state index contributed by atoms with van der Waals surface area (Å²) in [4.78, 5) is 28.3. The standard InChI is InChI=1S/C21H27N5O6S/c1-22-12-6-5-8-17(21(28)32-2)25-20(27)16-10-11-19(23-13-16)26-24-14-15-7-3-4-9-18(15)33(29,30)31/h3-4,7,9-11,13-14,17,22H,5-6,8,12H2,1-2H3,(H,23,26)(H,25,27)(H,29,30,31)/b24-14+. The second-order valence-corrected chi connectivity index (χ2v) is 8.35. The van der Waals surface area contributed by atoms with Crippen molar-refractivity contribution in [1.29, 1.82) is 0 Å². The molecule has 1 unspecified atom stereocenters. The number of hydrogen-bond acceptors (Lipinski definition) is 9. The molecular formula is C21H27N5O6S. The largest absolute Gasteiger partial charge is 0.467 e. The molecule has 1 aromatic heterocycles. The Bertz CT molecular complexity index is 1070. The number of unbranched alkanes of at least 4 members (excludes halogenated alkanes) is 1. The van der Waals surface area contributed by atoms with E-state index in [4.69, 9.17) is 4.74 Å². The number of methoxy groups -OCH3 is 1. The number of benzene rings is 1. The van der Waals surface area contributed by atoms with Gasteiger partial charge in [-0.2, -0.15) is 13.5 Å². The first-order chi connectivity index (χ1) is 15.8. The van der Waals surface area contributed by atoms with Crippen LogP contribution in [0.25, 0.3) is 0 Å². The molecule has 2 aromatic rings. The molecule has 1 atom stereocenters. The molecule has 178 valence electrons. The number of aromatic nitrogens is 1. The Morgan fingerprint density at radius 3 is 2.61 bits per heavy atom. The summed E-state index contributed by atoms with van der Waals surface area (Å²) in [6.45, 7) is 0.810. The van der Waals surface area contributed by atoms with Gasteiger partial charge in [-0.1, -0.05) is 18.2 Å². The zero-order valence-electron chi connectivity index (χ0n) is 18.3. The van der Waals surface area contributed by atoms with Gasteiger partial charge in [0, 0.05) is 11.8 Å². The van der Waals surface area contributed by atoms with Gasteiger partial charge in [0.2, 0.25) is 0 Å². The summed E-state index contributed by atoms with van der Waals surface area (Å²) in [6.07, 6.45) is 4.58. The fourth-order valence-electron chi connectivity index (χ4n) is 2.87. The van der Waals surface area contributed by atoms with E-state index in [1.807, 2.05) is 7.05 Å². The summed E-state index contributed by atoms with van der Waals surface area (Å²) in [7, 11) is -1.27. The SMILES string of the molecule is CNCCCCC(NC(=O)c1ccc(N/N=C/c2ccccc2S(=O)(=O)O)nc1)C(=O)OC. The molecule has 12 heteroatoms. The quantitative estimate of drug-likeness (QED) is 0.117. The minimum Gasteiger partial charge on any atom is -0.467 e. The van der Waals surface area contributed by atoms with Crippen molar-refractivity contribution in [2.24, 2.45) is 5.10 Å². The fraction of sp³-hybridized carbons (Fsp3) is 0.333. The summed E-state index contributed by atoms with van der Waals surface area (Å²) in [6, 6.07) is 8.06. The van der Waals surface area contributed by atoms with Gasteiger partial charge in [-0.3, -0.25) is 14.8 Å². The Morgan fingerprint density at radius 2 is 1.97 bits per heavy atom. The highest BCUT2D eigenvalue weighted by molar-refractivity contribution is 7.86. The lowest BCUT2D eigenvalue weighted by Crippen LogP contribution is -2.41. The van der Waals surface area contributed by atoms with E-state index in [0.717, 1.165) is 19.4 Å². The van der Waals surface area contributed by atoms with Gasteiger partial charge in [0.15, 0.2) is 0 Å². The number of pyridine rings is 1. The van der Waals surface area contributed by atoms with Gasteiger partial charge in [-0.15, -0.1) is 0 Å². The molecule has 0 saturated carbocycles. The maximum atomic E-state index is 12.5. The number of hydrazone groups is 1. The Balaban J connectivity index is 1.99. The smallest absolute Gasteiger partial charge is 0.328 e. The van der Waals surface area contributed by atoms with Crippen molar-refractivity contribution in [3.8, 4) is 0 Å². The lowest BCUT2D eigenvalue weighted by Gasteiger charge is -2.16. The van der Waals surface area contributed by atoms with Crippen LogP contribution in [0.2, 0.25) is 0 Å². The Labute approximate surface area is 192 Å². The molecule has 0 aliphatic carbocycles. The molecule has 0 fully saturated rings. The summed E-state index contributed by atoms with van der Waals surface area (Å²) < 4.78 is 36.8. The molecule has 1 heterocycles. The minimum atomic E-state index is -4.39. The first-order valence-corrected chi connectivity index (χ1v) is 11.5. The Morgan fingerprint density at radius 1 is 1.21 bits per heavy atom. The highest BCUT2D eigenvalue weighted by Gasteiger charge is 2.22. The third-order valence-corrected chi connectivity index (χ3v) is 5.49. The number of nitrogens with one attached hydrogen (secondary N) is 3. The van der Waals surface area contributed by atoms with E-state index in [1.165, 1.54) is 49.9 Å². The van der Waals surface area contributed by atoms with Crippen molar-refractivity contribution in [3.05, 3.63) is 53.7 Å². The maximum Gasteiger partial charge on any atom is 0.328 e. The monoisotopic (exact) mass is 477 g/mol. The summed E-state index contributed by atoms with van der Waals surface area (Å²) >= 11 is 0. The maximum absolute atomic E-state index is 12.5. The van der Waals surface area contributed by atoms with Gasteiger partial charge in [0.05, 0.1) is 18.9 Å². The van der Waals surface area contributed by atoms with E-state index < -0.39 is 28.0 Å². The molecule has 0 aliphatic rings. The highest BCUT2D eigenvalue weighted by atomic mass is 32.2. The molecule has 2 rings (SSSR count). The van der Waals surface area contributed by atoms with E-state index in [9.17, 15) is 22.6 Å². The van der Waals surface area contributed by atoms with E-state index in [2.05, 4.69) is 26.1 Å². The number of hydrogen-bond donors (Lipinski definition) is 4. The Kier molecular flexibility index (Phi) is 9.91. The molecule has 0 radical (unpaired) electrons. The van der Waals surface area contributed by atoms with Crippen LogP contribution in [-0.4, -0.2) is 62.8 Å². The van der Waals surface area contributed by atoms with Crippen LogP contribution in [0.1, 0.15) is 35.2 Å². The molecule has 11 nitrogen and oxygen atoms in total. The van der Waals surface area contributed by atoms with Gasteiger partial charge in [0.25, 0.3) is 16.0 Å². The molecular weight excluding hydrogens is 450 g/mol. The van der Waals surface area contributed by atoms with Crippen molar-refractivity contribution in [1.82, 2.24) is 15.6 Å². The topological polar surface area (TPSA) is 159 Å². The normalized spacial score (nSPS) is 12.3. The van der Waals surface area contributed by atoms with Crippen molar-refractivity contribution in [3.63, 3.8) is 0 Å². The minimum absolute atomic E-state index is 0.187. The van der Waals surface area contributed by atoms with E-state index in [-0.39, 0.29) is 16.0 Å². The number of esters is 1. The molecule has 0 spiro atoms. The van der Waals surface area contributed by atoms with Gasteiger partial charge in [0.1, 0.15) is 16.8 Å². The molecule has 4 N–H and O–H groups in total. The lowest BCUT2D eigenvalue weighted by atomic mass is 10.1. The summed E-state index contributed by atoms with van der Waals surface area (Å²) in [5.41, 5.74) is 3.04. The number of nitrogens with zero attached hydrogens (tertiary/aromatic N) is 2. The number of anilines is 1. The zero-order chi connectivity index (χ0) is 24.3. The number of amides is 1. The zero-order valence-corrected chi connectivity index (χ0v) is 19.1. The second-order valence-electron chi connectivity index (χ2n) is 6.96. The number of carbonyl (C=O) groups is 2. The van der Waals surface area contributed by atoms with Crippen molar-refractivity contribution < 1.29 is 27.3 Å². The summed E-state index contributed by atoms with van der Waals surface area (Å²) in [5.74, 6) is -0.689. The van der Waals surface area contributed by atoms with Crippen molar-refractivity contribution >= 4 is 34.0 Å². The molecule has 0 aliphatic heterocycles. The summed E-state index contributed by atoms with van der Waals surface area (Å²) in [5, 5.41) is 9.60. The Hall–Kier alpha value is -3.35. The fourth-order valence-corrected chi connectivity index (χ4v) is 3.54. The van der Waals surface area contributed by atoms with Gasteiger partial charge < -0.3 is 15.4 Å². The lowest BCUT2D eigenvalue weighted by molar-refractivity contribution is -0.143. The van der Waals surface area contributed by atoms with Crippen LogP contribution in [0.15, 0.2) is 52.6 Å². The highest BCUT2D eigenvalue weighted by Crippen LogP contribution is 2.13.